The molecule has 4 N–H and O–H groups in total. The Balaban J connectivity index is 2.83. The Bertz CT molecular complexity index is 514. The van der Waals surface area contributed by atoms with Gasteiger partial charge in [0.1, 0.15) is 5.75 Å². The first kappa shape index (κ1) is 14.7. The van der Waals surface area contributed by atoms with Gasteiger partial charge in [-0.2, -0.15) is 0 Å². The first-order valence-electron chi connectivity index (χ1n) is 5.48. The first-order valence-corrected chi connectivity index (χ1v) is 6.97. The number of benzene rings is 1. The number of rotatable bonds is 5. The van der Waals surface area contributed by atoms with Crippen LogP contribution in [0.3, 0.4) is 0 Å². The number of aromatic hydroxyl groups is 1. The highest BCUT2D eigenvalue weighted by atomic mass is 32.2. The Morgan fingerprint density at radius 2 is 2.06 bits per heavy atom. The van der Waals surface area contributed by atoms with Crippen molar-refractivity contribution in [2.24, 2.45) is 0 Å². The van der Waals surface area contributed by atoms with E-state index in [-0.39, 0.29) is 22.4 Å². The summed E-state index contributed by atoms with van der Waals surface area (Å²) in [6, 6.07) is 3.89. The van der Waals surface area contributed by atoms with Gasteiger partial charge in [-0.1, -0.05) is 0 Å². The average Bonchev–Trinajstić information content (AvgIpc) is 2.29. The fraction of sp³-hybridized carbons (Fsp3) is 0.455. The topological polar surface area (TPSA) is 95.7 Å². The number of phenols is 1. The molecule has 0 aliphatic rings. The van der Waals surface area contributed by atoms with Gasteiger partial charge in [0.15, 0.2) is 0 Å². The van der Waals surface area contributed by atoms with Crippen LogP contribution in [-0.4, -0.2) is 45.1 Å². The van der Waals surface area contributed by atoms with Gasteiger partial charge in [0, 0.05) is 12.6 Å². The summed E-state index contributed by atoms with van der Waals surface area (Å²) in [6.07, 6.45) is 0. The molecule has 6 nitrogen and oxygen atoms in total. The standard InChI is InChI=1S/C11H19N3O3S/c1-8(14(2)3)7-13-18(16,17)9-4-5-11(15)10(12)6-9/h4-6,8,13,15H,7,12H2,1-3H3. The minimum atomic E-state index is -3.60. The number of nitrogens with two attached hydrogens (primary N) is 1. The molecule has 1 atom stereocenters. The maximum atomic E-state index is 12.0. The van der Waals surface area contributed by atoms with E-state index in [9.17, 15) is 13.5 Å². The van der Waals surface area contributed by atoms with Gasteiger partial charge in [0.25, 0.3) is 0 Å². The number of sulfonamides is 1. The number of anilines is 1. The molecule has 0 heterocycles. The highest BCUT2D eigenvalue weighted by Gasteiger charge is 2.16. The van der Waals surface area contributed by atoms with E-state index in [0.717, 1.165) is 0 Å². The minimum absolute atomic E-state index is 0.0403. The number of nitrogens with one attached hydrogen (secondary N) is 1. The van der Waals surface area contributed by atoms with E-state index in [4.69, 9.17) is 5.73 Å². The molecular formula is C11H19N3O3S. The molecule has 0 amide bonds. The highest BCUT2D eigenvalue weighted by Crippen LogP contribution is 2.22. The quantitative estimate of drug-likeness (QED) is 0.526. The van der Waals surface area contributed by atoms with Crippen molar-refractivity contribution < 1.29 is 13.5 Å². The summed E-state index contributed by atoms with van der Waals surface area (Å²) in [4.78, 5) is 1.96. The van der Waals surface area contributed by atoms with E-state index in [1.165, 1.54) is 18.2 Å². The summed E-state index contributed by atoms with van der Waals surface area (Å²) in [7, 11) is 0.149. The van der Waals surface area contributed by atoms with Gasteiger partial charge < -0.3 is 15.7 Å². The fourth-order valence-corrected chi connectivity index (χ4v) is 2.35. The van der Waals surface area contributed by atoms with Crippen LogP contribution in [0, 0.1) is 0 Å². The smallest absolute Gasteiger partial charge is 0.240 e. The number of nitrogens with zero attached hydrogens (tertiary/aromatic N) is 1. The van der Waals surface area contributed by atoms with Crippen molar-refractivity contribution in [2.45, 2.75) is 17.9 Å². The molecule has 18 heavy (non-hydrogen) atoms. The fourth-order valence-electron chi connectivity index (χ4n) is 1.20. The van der Waals surface area contributed by atoms with Gasteiger partial charge in [0.2, 0.25) is 10.0 Å². The van der Waals surface area contributed by atoms with Crippen LogP contribution in [0.1, 0.15) is 6.92 Å². The summed E-state index contributed by atoms with van der Waals surface area (Å²) in [5, 5.41) is 9.25. The molecule has 0 saturated carbocycles. The highest BCUT2D eigenvalue weighted by molar-refractivity contribution is 7.89. The van der Waals surface area contributed by atoms with Crippen molar-refractivity contribution in [1.29, 1.82) is 0 Å². The Kier molecular flexibility index (Phi) is 4.55. The predicted octanol–water partition coefficient (Wildman–Crippen LogP) is 0.203. The van der Waals surface area contributed by atoms with E-state index in [2.05, 4.69) is 4.72 Å². The summed E-state index contributed by atoms with van der Waals surface area (Å²) < 4.78 is 26.4. The lowest BCUT2D eigenvalue weighted by Crippen LogP contribution is -2.38. The van der Waals surface area contributed by atoms with E-state index in [0.29, 0.717) is 6.54 Å². The van der Waals surface area contributed by atoms with Crippen LogP contribution >= 0.6 is 0 Å². The van der Waals surface area contributed by atoms with Crippen molar-refractivity contribution in [3.05, 3.63) is 18.2 Å². The normalized spacial score (nSPS) is 13.8. The van der Waals surface area contributed by atoms with Crippen LogP contribution in [-0.2, 0) is 10.0 Å². The van der Waals surface area contributed by atoms with Crippen LogP contribution in [0.25, 0.3) is 0 Å². The monoisotopic (exact) mass is 273 g/mol. The molecule has 0 saturated heterocycles. The van der Waals surface area contributed by atoms with Crippen LogP contribution < -0.4 is 10.5 Å². The zero-order valence-electron chi connectivity index (χ0n) is 10.7. The van der Waals surface area contributed by atoms with Crippen molar-refractivity contribution >= 4 is 15.7 Å². The van der Waals surface area contributed by atoms with Gasteiger partial charge >= 0.3 is 0 Å². The number of nitrogen functional groups attached to an aromatic ring is 1. The predicted molar refractivity (Wildman–Crippen MR) is 70.9 cm³/mol. The Hall–Kier alpha value is -1.31. The molecule has 102 valence electrons. The summed E-state index contributed by atoms with van der Waals surface area (Å²) in [6.45, 7) is 2.21. The summed E-state index contributed by atoms with van der Waals surface area (Å²) in [5.41, 5.74) is 5.51. The zero-order valence-corrected chi connectivity index (χ0v) is 11.5. The molecule has 0 aliphatic carbocycles. The Morgan fingerprint density at radius 1 is 1.44 bits per heavy atom. The third-order valence-electron chi connectivity index (χ3n) is 2.76. The van der Waals surface area contributed by atoms with Crippen molar-refractivity contribution in [2.75, 3.05) is 26.4 Å². The van der Waals surface area contributed by atoms with Crippen LogP contribution in [0.15, 0.2) is 23.1 Å². The molecule has 0 radical (unpaired) electrons. The average molecular weight is 273 g/mol. The van der Waals surface area contributed by atoms with Crippen LogP contribution in [0.4, 0.5) is 5.69 Å². The largest absolute Gasteiger partial charge is 0.506 e. The first-order chi connectivity index (χ1) is 8.24. The van der Waals surface area contributed by atoms with Gasteiger partial charge in [-0.15, -0.1) is 0 Å². The SMILES string of the molecule is CC(CNS(=O)(=O)c1ccc(O)c(N)c1)N(C)C. The van der Waals surface area contributed by atoms with Gasteiger partial charge in [-0.25, -0.2) is 13.1 Å². The molecule has 0 bridgehead atoms. The molecule has 1 aromatic carbocycles. The van der Waals surface area contributed by atoms with E-state index < -0.39 is 10.0 Å². The van der Waals surface area contributed by atoms with Gasteiger partial charge in [0.05, 0.1) is 10.6 Å². The van der Waals surface area contributed by atoms with E-state index in [1.807, 2.05) is 25.9 Å². The third kappa shape index (κ3) is 3.59. The molecule has 7 heteroatoms. The molecule has 0 spiro atoms. The molecule has 0 aliphatic heterocycles. The Labute approximate surface area is 107 Å². The molecule has 0 aromatic heterocycles. The summed E-state index contributed by atoms with van der Waals surface area (Å²) >= 11 is 0. The number of likely N-dealkylation sites (N-methyl/N-ethyl adjacent to an activating group) is 1. The lowest BCUT2D eigenvalue weighted by Gasteiger charge is -2.20. The van der Waals surface area contributed by atoms with Gasteiger partial charge in [-0.3, -0.25) is 0 Å². The van der Waals surface area contributed by atoms with Crippen molar-refractivity contribution in [3.63, 3.8) is 0 Å². The summed E-state index contributed by atoms with van der Waals surface area (Å²) in [5.74, 6) is -0.129. The molecular weight excluding hydrogens is 254 g/mol. The van der Waals surface area contributed by atoms with E-state index >= 15 is 0 Å². The molecule has 0 fully saturated rings. The van der Waals surface area contributed by atoms with Crippen LogP contribution in [0.5, 0.6) is 5.75 Å². The molecule has 1 rings (SSSR count). The molecule has 1 aromatic rings. The zero-order chi connectivity index (χ0) is 13.9. The maximum Gasteiger partial charge on any atom is 0.240 e. The van der Waals surface area contributed by atoms with Gasteiger partial charge in [-0.05, 0) is 39.2 Å². The van der Waals surface area contributed by atoms with Crippen molar-refractivity contribution in [3.8, 4) is 5.75 Å². The third-order valence-corrected chi connectivity index (χ3v) is 4.18. The maximum absolute atomic E-state index is 12.0. The lowest BCUT2D eigenvalue weighted by molar-refractivity contribution is 0.314. The Morgan fingerprint density at radius 3 is 2.56 bits per heavy atom. The second-order valence-corrected chi connectivity index (χ2v) is 6.15. The second-order valence-electron chi connectivity index (χ2n) is 4.39. The van der Waals surface area contributed by atoms with Crippen molar-refractivity contribution in [1.82, 2.24) is 9.62 Å². The number of hydrogen-bond acceptors (Lipinski definition) is 5. The minimum Gasteiger partial charge on any atom is -0.506 e. The van der Waals surface area contributed by atoms with Crippen LogP contribution in [0.2, 0.25) is 0 Å². The second kappa shape index (κ2) is 5.55. The van der Waals surface area contributed by atoms with E-state index in [1.54, 1.807) is 0 Å². The number of hydrogen-bond donors (Lipinski definition) is 3. The molecule has 1 unspecified atom stereocenters. The number of phenolic OH excluding ortho intramolecular Hbond substituents is 1. The lowest BCUT2D eigenvalue weighted by atomic mass is 10.3.